The Labute approximate surface area is 120 Å². The highest BCUT2D eigenvalue weighted by Gasteiger charge is 2.13. The zero-order valence-corrected chi connectivity index (χ0v) is 11.3. The lowest BCUT2D eigenvalue weighted by Gasteiger charge is -2.06. The normalized spacial score (nSPS) is 10.5. The molecule has 0 atom stereocenters. The van der Waals surface area contributed by atoms with Crippen LogP contribution >= 0.6 is 0 Å². The summed E-state index contributed by atoms with van der Waals surface area (Å²) in [7, 11) is 1.28. The Balaban J connectivity index is 2.06. The number of fused-ring (bicyclic) bond motifs is 1. The number of rotatable bonds is 2. The van der Waals surface area contributed by atoms with E-state index in [9.17, 15) is 4.79 Å². The van der Waals surface area contributed by atoms with Gasteiger partial charge in [0.15, 0.2) is 5.82 Å². The summed E-state index contributed by atoms with van der Waals surface area (Å²) in [6.07, 6.45) is 3.11. The molecule has 0 radical (unpaired) electrons. The Morgan fingerprint density at radius 1 is 1.24 bits per heavy atom. The first-order chi connectivity index (χ1) is 10.2. The van der Waals surface area contributed by atoms with Gasteiger partial charge in [-0.25, -0.2) is 14.8 Å². The van der Waals surface area contributed by atoms with Crippen LogP contribution in [0, 0.1) is 0 Å². The standard InChI is InChI=1S/C15H12N4O2/c1-21-15(20)11-8-18-14(19-13(11)16)10-4-5-12-9(7-10)3-2-6-17-12/h2-8H,1H3,(H2,16,18,19). The van der Waals surface area contributed by atoms with Crippen LogP contribution in [0.3, 0.4) is 0 Å². The Morgan fingerprint density at radius 2 is 2.10 bits per heavy atom. The molecule has 0 amide bonds. The lowest BCUT2D eigenvalue weighted by Crippen LogP contribution is -2.09. The van der Waals surface area contributed by atoms with E-state index in [4.69, 9.17) is 5.73 Å². The first-order valence-corrected chi connectivity index (χ1v) is 6.25. The smallest absolute Gasteiger partial charge is 0.343 e. The van der Waals surface area contributed by atoms with Crippen LogP contribution in [0.4, 0.5) is 5.82 Å². The van der Waals surface area contributed by atoms with Crippen molar-refractivity contribution in [3.05, 3.63) is 48.3 Å². The van der Waals surface area contributed by atoms with Gasteiger partial charge in [-0.1, -0.05) is 6.07 Å². The lowest BCUT2D eigenvalue weighted by molar-refractivity contribution is 0.0601. The SMILES string of the molecule is COC(=O)c1cnc(-c2ccc3ncccc3c2)nc1N. The van der Waals surface area contributed by atoms with Crippen LogP contribution in [0.2, 0.25) is 0 Å². The molecule has 3 rings (SSSR count). The summed E-state index contributed by atoms with van der Waals surface area (Å²) in [6.45, 7) is 0. The van der Waals surface area contributed by atoms with Gasteiger partial charge in [0.05, 0.1) is 12.6 Å². The molecule has 2 aromatic heterocycles. The molecule has 0 unspecified atom stereocenters. The molecule has 2 N–H and O–H groups in total. The number of pyridine rings is 1. The molecule has 0 bridgehead atoms. The van der Waals surface area contributed by atoms with E-state index in [-0.39, 0.29) is 11.4 Å². The highest BCUT2D eigenvalue weighted by atomic mass is 16.5. The number of anilines is 1. The van der Waals surface area contributed by atoms with E-state index in [0.717, 1.165) is 16.5 Å². The fourth-order valence-electron chi connectivity index (χ4n) is 2.02. The minimum Gasteiger partial charge on any atom is -0.465 e. The van der Waals surface area contributed by atoms with Gasteiger partial charge in [-0.15, -0.1) is 0 Å². The third-order valence-electron chi connectivity index (χ3n) is 3.08. The number of aromatic nitrogens is 3. The molecular weight excluding hydrogens is 268 g/mol. The van der Waals surface area contributed by atoms with Crippen LogP contribution in [-0.2, 0) is 4.74 Å². The van der Waals surface area contributed by atoms with Crippen molar-refractivity contribution in [2.24, 2.45) is 0 Å². The number of hydrogen-bond acceptors (Lipinski definition) is 6. The topological polar surface area (TPSA) is 91.0 Å². The van der Waals surface area contributed by atoms with Gasteiger partial charge >= 0.3 is 5.97 Å². The number of carbonyl (C=O) groups excluding carboxylic acids is 1. The Kier molecular flexibility index (Phi) is 3.19. The molecule has 0 aliphatic heterocycles. The fourth-order valence-corrected chi connectivity index (χ4v) is 2.02. The molecule has 0 aliphatic rings. The molecule has 1 aromatic carbocycles. The maximum Gasteiger partial charge on any atom is 0.343 e. The summed E-state index contributed by atoms with van der Waals surface area (Å²) in [6, 6.07) is 9.50. The second kappa shape index (κ2) is 5.16. The first-order valence-electron chi connectivity index (χ1n) is 6.25. The minimum absolute atomic E-state index is 0.0955. The molecule has 2 heterocycles. The predicted molar refractivity (Wildman–Crippen MR) is 78.5 cm³/mol. The number of esters is 1. The zero-order chi connectivity index (χ0) is 14.8. The summed E-state index contributed by atoms with van der Waals surface area (Å²) < 4.78 is 4.61. The molecule has 0 aliphatic carbocycles. The number of nitrogens with two attached hydrogens (primary N) is 1. The Hall–Kier alpha value is -3.02. The highest BCUT2D eigenvalue weighted by molar-refractivity contribution is 5.94. The first kappa shape index (κ1) is 13.0. The summed E-state index contributed by atoms with van der Waals surface area (Å²) in [4.78, 5) is 24.1. The molecule has 0 saturated carbocycles. The number of methoxy groups -OCH3 is 1. The van der Waals surface area contributed by atoms with E-state index in [2.05, 4.69) is 19.7 Å². The summed E-state index contributed by atoms with van der Waals surface area (Å²) in [5, 5.41) is 0.981. The molecule has 6 heteroatoms. The number of benzene rings is 1. The van der Waals surface area contributed by atoms with Crippen molar-refractivity contribution in [1.29, 1.82) is 0 Å². The third kappa shape index (κ3) is 2.38. The number of nitrogens with zero attached hydrogens (tertiary/aromatic N) is 3. The fraction of sp³-hybridized carbons (Fsp3) is 0.0667. The van der Waals surface area contributed by atoms with Crippen molar-refractivity contribution in [2.75, 3.05) is 12.8 Å². The number of carbonyl (C=O) groups is 1. The Morgan fingerprint density at radius 3 is 2.86 bits per heavy atom. The van der Waals surface area contributed by atoms with Gasteiger partial charge in [0, 0.05) is 23.3 Å². The van der Waals surface area contributed by atoms with Gasteiger partial charge in [-0.05, 0) is 24.3 Å². The molecule has 0 spiro atoms. The molecule has 3 aromatic rings. The van der Waals surface area contributed by atoms with Crippen LogP contribution in [0.25, 0.3) is 22.3 Å². The molecular formula is C15H12N4O2. The van der Waals surface area contributed by atoms with Crippen LogP contribution in [-0.4, -0.2) is 28.0 Å². The van der Waals surface area contributed by atoms with Crippen LogP contribution < -0.4 is 5.73 Å². The number of ether oxygens (including phenoxy) is 1. The van der Waals surface area contributed by atoms with Crippen molar-refractivity contribution in [3.63, 3.8) is 0 Å². The van der Waals surface area contributed by atoms with E-state index in [0.29, 0.717) is 5.82 Å². The molecule has 104 valence electrons. The third-order valence-corrected chi connectivity index (χ3v) is 3.08. The molecule has 0 fully saturated rings. The van der Waals surface area contributed by atoms with Gasteiger partial charge in [0.25, 0.3) is 0 Å². The average molecular weight is 280 g/mol. The van der Waals surface area contributed by atoms with Gasteiger partial charge in [-0.2, -0.15) is 0 Å². The number of hydrogen-bond donors (Lipinski definition) is 1. The average Bonchev–Trinajstić information content (AvgIpc) is 2.53. The largest absolute Gasteiger partial charge is 0.465 e. The van der Waals surface area contributed by atoms with Crippen LogP contribution in [0.5, 0.6) is 0 Å². The predicted octanol–water partition coefficient (Wildman–Crippen LogP) is 2.06. The monoisotopic (exact) mass is 280 g/mol. The van der Waals surface area contributed by atoms with E-state index in [1.54, 1.807) is 6.20 Å². The Bertz CT molecular complexity index is 833. The molecule has 6 nitrogen and oxygen atoms in total. The highest BCUT2D eigenvalue weighted by Crippen LogP contribution is 2.22. The summed E-state index contributed by atoms with van der Waals surface area (Å²) >= 11 is 0. The maximum atomic E-state index is 11.5. The van der Waals surface area contributed by atoms with Crippen LogP contribution in [0.15, 0.2) is 42.7 Å². The van der Waals surface area contributed by atoms with Crippen molar-refractivity contribution in [2.45, 2.75) is 0 Å². The van der Waals surface area contributed by atoms with Crippen molar-refractivity contribution >= 4 is 22.7 Å². The zero-order valence-electron chi connectivity index (χ0n) is 11.3. The number of nitrogen functional groups attached to an aromatic ring is 1. The van der Waals surface area contributed by atoms with Crippen molar-refractivity contribution in [3.8, 4) is 11.4 Å². The second-order valence-corrected chi connectivity index (χ2v) is 4.39. The van der Waals surface area contributed by atoms with E-state index in [1.165, 1.54) is 13.3 Å². The quantitative estimate of drug-likeness (QED) is 0.722. The van der Waals surface area contributed by atoms with Crippen LogP contribution in [0.1, 0.15) is 10.4 Å². The van der Waals surface area contributed by atoms with Crippen molar-refractivity contribution in [1.82, 2.24) is 15.0 Å². The second-order valence-electron chi connectivity index (χ2n) is 4.39. The van der Waals surface area contributed by atoms with Gasteiger partial charge < -0.3 is 10.5 Å². The van der Waals surface area contributed by atoms with E-state index < -0.39 is 5.97 Å². The summed E-state index contributed by atoms with van der Waals surface area (Å²) in [5.41, 5.74) is 7.63. The van der Waals surface area contributed by atoms with Gasteiger partial charge in [0.2, 0.25) is 0 Å². The minimum atomic E-state index is -0.554. The van der Waals surface area contributed by atoms with Gasteiger partial charge in [-0.3, -0.25) is 4.98 Å². The summed E-state index contributed by atoms with van der Waals surface area (Å²) in [5.74, 6) is -0.00852. The maximum absolute atomic E-state index is 11.5. The van der Waals surface area contributed by atoms with Crippen molar-refractivity contribution < 1.29 is 9.53 Å². The molecule has 21 heavy (non-hydrogen) atoms. The lowest BCUT2D eigenvalue weighted by atomic mass is 10.1. The van der Waals surface area contributed by atoms with Gasteiger partial charge in [0.1, 0.15) is 11.4 Å². The van der Waals surface area contributed by atoms with E-state index >= 15 is 0 Å². The molecule has 0 saturated heterocycles. The van der Waals surface area contributed by atoms with E-state index in [1.807, 2.05) is 30.3 Å².